The van der Waals surface area contributed by atoms with Crippen LogP contribution in [0.15, 0.2) is 60.8 Å². The van der Waals surface area contributed by atoms with Crippen LogP contribution in [0.3, 0.4) is 0 Å². The van der Waals surface area contributed by atoms with Gasteiger partial charge >= 0.3 is 5.97 Å². The van der Waals surface area contributed by atoms with Crippen LogP contribution in [0.1, 0.15) is 26.4 Å². The Bertz CT molecular complexity index is 1000. The fourth-order valence-corrected chi connectivity index (χ4v) is 2.68. The molecule has 0 saturated heterocycles. The number of carbonyl (C=O) groups excluding carboxylic acids is 2. The highest BCUT2D eigenvalue weighted by atomic mass is 35.5. The second-order valence-electron chi connectivity index (χ2n) is 5.99. The van der Waals surface area contributed by atoms with E-state index in [2.05, 4.69) is 20.4 Å². The van der Waals surface area contributed by atoms with Gasteiger partial charge in [0.25, 0.3) is 5.91 Å². The molecule has 0 unspecified atom stereocenters. The normalized spacial score (nSPS) is 10.2. The molecule has 2 aromatic carbocycles. The molecular weight excluding hydrogens is 378 g/mol. The molecule has 1 aromatic heterocycles. The van der Waals surface area contributed by atoms with Gasteiger partial charge in [-0.1, -0.05) is 17.7 Å². The van der Waals surface area contributed by atoms with Gasteiger partial charge in [0.15, 0.2) is 0 Å². The van der Waals surface area contributed by atoms with E-state index >= 15 is 0 Å². The van der Waals surface area contributed by atoms with Crippen LogP contribution in [0.4, 0.5) is 17.1 Å². The molecule has 2 N–H and O–H groups in total. The Labute approximate surface area is 167 Å². The van der Waals surface area contributed by atoms with Crippen LogP contribution in [0.25, 0.3) is 0 Å². The maximum absolute atomic E-state index is 12.4. The van der Waals surface area contributed by atoms with Gasteiger partial charge in [0.2, 0.25) is 0 Å². The van der Waals surface area contributed by atoms with Crippen LogP contribution >= 0.6 is 11.6 Å². The van der Waals surface area contributed by atoms with E-state index in [9.17, 15) is 9.59 Å². The van der Waals surface area contributed by atoms with Crippen molar-refractivity contribution in [2.75, 3.05) is 17.7 Å². The number of ether oxygens (including phenoxy) is 1. The molecule has 7 heteroatoms. The van der Waals surface area contributed by atoms with Gasteiger partial charge in [0.1, 0.15) is 5.69 Å². The molecule has 3 rings (SSSR count). The van der Waals surface area contributed by atoms with Crippen LogP contribution in [0.2, 0.25) is 5.02 Å². The molecular formula is C21H18ClN3O3. The quantitative estimate of drug-likeness (QED) is 0.605. The Kier molecular flexibility index (Phi) is 5.91. The number of aromatic nitrogens is 1. The van der Waals surface area contributed by atoms with Crippen molar-refractivity contribution in [2.45, 2.75) is 6.92 Å². The van der Waals surface area contributed by atoms with E-state index in [0.29, 0.717) is 16.3 Å². The van der Waals surface area contributed by atoms with Crippen molar-refractivity contribution in [3.05, 3.63) is 82.6 Å². The first kappa shape index (κ1) is 19.4. The van der Waals surface area contributed by atoms with E-state index in [1.165, 1.54) is 7.11 Å². The summed E-state index contributed by atoms with van der Waals surface area (Å²) in [6.45, 7) is 1.92. The number of rotatable bonds is 5. The van der Waals surface area contributed by atoms with E-state index in [-0.39, 0.29) is 11.6 Å². The van der Waals surface area contributed by atoms with Crippen molar-refractivity contribution in [2.24, 2.45) is 0 Å². The monoisotopic (exact) mass is 395 g/mol. The first-order chi connectivity index (χ1) is 13.5. The molecule has 0 spiro atoms. The molecule has 1 amide bonds. The molecule has 1 heterocycles. The van der Waals surface area contributed by atoms with Crippen LogP contribution in [0.5, 0.6) is 0 Å². The number of halogens is 1. The molecule has 0 aliphatic heterocycles. The number of amides is 1. The Morgan fingerprint density at radius 1 is 1.00 bits per heavy atom. The lowest BCUT2D eigenvalue weighted by Gasteiger charge is -2.11. The Balaban J connectivity index is 1.66. The number of anilines is 3. The SMILES string of the molecule is COC(=O)c1ccc(NC(=O)c2ccc(Nc3cccc(Cl)c3C)cn2)cc1. The fourth-order valence-electron chi connectivity index (χ4n) is 2.50. The highest BCUT2D eigenvalue weighted by molar-refractivity contribution is 6.31. The largest absolute Gasteiger partial charge is 0.465 e. The number of hydrogen-bond donors (Lipinski definition) is 2. The summed E-state index contributed by atoms with van der Waals surface area (Å²) in [4.78, 5) is 28.0. The van der Waals surface area contributed by atoms with Crippen molar-refractivity contribution >= 4 is 40.5 Å². The van der Waals surface area contributed by atoms with Gasteiger partial charge in [-0.05, 0) is 61.0 Å². The second-order valence-corrected chi connectivity index (χ2v) is 6.40. The van der Waals surface area contributed by atoms with E-state index < -0.39 is 5.97 Å². The van der Waals surface area contributed by atoms with Crippen LogP contribution in [-0.4, -0.2) is 24.0 Å². The number of hydrogen-bond acceptors (Lipinski definition) is 5. The average Bonchev–Trinajstić information content (AvgIpc) is 2.72. The molecule has 0 fully saturated rings. The summed E-state index contributed by atoms with van der Waals surface area (Å²) < 4.78 is 4.64. The van der Waals surface area contributed by atoms with Crippen molar-refractivity contribution in [1.29, 1.82) is 0 Å². The standard InChI is InChI=1S/C21H18ClN3O3/c1-13-17(22)4-3-5-18(13)24-16-10-11-19(23-12-16)20(26)25-15-8-6-14(7-9-15)21(27)28-2/h3-12,24H,1-2H3,(H,25,26). The molecule has 3 aromatic rings. The third kappa shape index (κ3) is 4.47. The number of carbonyl (C=O) groups is 2. The fraction of sp³-hybridized carbons (Fsp3) is 0.0952. The summed E-state index contributed by atoms with van der Waals surface area (Å²) in [5.41, 5.74) is 3.77. The van der Waals surface area contributed by atoms with Gasteiger partial charge < -0.3 is 15.4 Å². The minimum Gasteiger partial charge on any atom is -0.465 e. The number of esters is 1. The van der Waals surface area contributed by atoms with E-state index in [0.717, 1.165) is 16.9 Å². The summed E-state index contributed by atoms with van der Waals surface area (Å²) >= 11 is 6.12. The van der Waals surface area contributed by atoms with E-state index in [1.54, 1.807) is 42.6 Å². The van der Waals surface area contributed by atoms with Crippen LogP contribution in [-0.2, 0) is 4.74 Å². The molecule has 0 aliphatic carbocycles. The Morgan fingerprint density at radius 2 is 1.71 bits per heavy atom. The Hall–Kier alpha value is -3.38. The van der Waals surface area contributed by atoms with Gasteiger partial charge in [0.05, 0.1) is 24.6 Å². The molecule has 142 valence electrons. The smallest absolute Gasteiger partial charge is 0.337 e. The van der Waals surface area contributed by atoms with Crippen molar-refractivity contribution < 1.29 is 14.3 Å². The predicted molar refractivity (Wildman–Crippen MR) is 109 cm³/mol. The topological polar surface area (TPSA) is 80.3 Å². The van der Waals surface area contributed by atoms with Crippen LogP contribution < -0.4 is 10.6 Å². The van der Waals surface area contributed by atoms with Gasteiger partial charge in [-0.2, -0.15) is 0 Å². The van der Waals surface area contributed by atoms with E-state index in [1.807, 2.05) is 25.1 Å². The zero-order valence-corrected chi connectivity index (χ0v) is 16.1. The summed E-state index contributed by atoms with van der Waals surface area (Å²) in [7, 11) is 1.32. The Morgan fingerprint density at radius 3 is 2.36 bits per heavy atom. The molecule has 0 bridgehead atoms. The number of nitrogens with one attached hydrogen (secondary N) is 2. The predicted octanol–water partition coefficient (Wildman–Crippen LogP) is 4.83. The van der Waals surface area contributed by atoms with Crippen molar-refractivity contribution in [3.63, 3.8) is 0 Å². The summed E-state index contributed by atoms with van der Waals surface area (Å²) in [5, 5.41) is 6.64. The molecule has 0 radical (unpaired) electrons. The van der Waals surface area contributed by atoms with Crippen molar-refractivity contribution in [3.8, 4) is 0 Å². The average molecular weight is 396 g/mol. The van der Waals surface area contributed by atoms with Gasteiger partial charge in [0, 0.05) is 16.4 Å². The summed E-state index contributed by atoms with van der Waals surface area (Å²) in [5.74, 6) is -0.783. The third-order valence-electron chi connectivity index (χ3n) is 4.11. The summed E-state index contributed by atoms with van der Waals surface area (Å²) in [6.07, 6.45) is 1.58. The van der Waals surface area contributed by atoms with Gasteiger partial charge in [-0.15, -0.1) is 0 Å². The highest BCUT2D eigenvalue weighted by Crippen LogP contribution is 2.26. The minimum atomic E-state index is -0.433. The molecule has 0 aliphatic rings. The lowest BCUT2D eigenvalue weighted by molar-refractivity contribution is 0.0600. The number of methoxy groups -OCH3 is 1. The van der Waals surface area contributed by atoms with Gasteiger partial charge in [-0.3, -0.25) is 4.79 Å². The number of benzene rings is 2. The third-order valence-corrected chi connectivity index (χ3v) is 4.52. The van der Waals surface area contributed by atoms with Crippen LogP contribution in [0, 0.1) is 6.92 Å². The second kappa shape index (κ2) is 8.54. The molecule has 0 atom stereocenters. The molecule has 0 saturated carbocycles. The minimum absolute atomic E-state index is 0.269. The highest BCUT2D eigenvalue weighted by Gasteiger charge is 2.10. The van der Waals surface area contributed by atoms with E-state index in [4.69, 9.17) is 11.6 Å². The molecule has 28 heavy (non-hydrogen) atoms. The number of pyridine rings is 1. The first-order valence-corrected chi connectivity index (χ1v) is 8.83. The zero-order valence-electron chi connectivity index (χ0n) is 15.3. The lowest BCUT2D eigenvalue weighted by Crippen LogP contribution is -2.13. The number of nitrogens with zero attached hydrogens (tertiary/aromatic N) is 1. The van der Waals surface area contributed by atoms with Crippen molar-refractivity contribution in [1.82, 2.24) is 4.98 Å². The molecule has 6 nitrogen and oxygen atoms in total. The van der Waals surface area contributed by atoms with Gasteiger partial charge in [-0.25, -0.2) is 9.78 Å². The summed E-state index contributed by atoms with van der Waals surface area (Å²) in [6, 6.07) is 15.4. The first-order valence-electron chi connectivity index (χ1n) is 8.46. The maximum Gasteiger partial charge on any atom is 0.337 e. The maximum atomic E-state index is 12.4. The zero-order chi connectivity index (χ0) is 20.1. The lowest BCUT2D eigenvalue weighted by atomic mass is 10.2.